The van der Waals surface area contributed by atoms with Gasteiger partial charge in [-0.2, -0.15) is 0 Å². The molecular formula is C7H8ClNO2S. The van der Waals surface area contributed by atoms with Crippen LogP contribution in [0, 0.1) is 0 Å². The Kier molecular flexibility index (Phi) is 3.49. The van der Waals surface area contributed by atoms with Gasteiger partial charge in [-0.15, -0.1) is 11.3 Å². The molecule has 0 aliphatic carbocycles. The van der Waals surface area contributed by atoms with Crippen molar-refractivity contribution in [1.29, 1.82) is 0 Å². The fourth-order valence-electron chi connectivity index (χ4n) is 0.723. The maximum absolute atomic E-state index is 10.9. The molecule has 0 spiro atoms. The number of thiazole rings is 1. The summed E-state index contributed by atoms with van der Waals surface area (Å²) in [6.45, 7) is 2.17. The summed E-state index contributed by atoms with van der Waals surface area (Å²) < 4.78 is 5.19. The van der Waals surface area contributed by atoms with E-state index in [1.807, 2.05) is 0 Å². The van der Waals surface area contributed by atoms with E-state index in [1.54, 1.807) is 12.3 Å². The standard InChI is InChI=1S/C7H8ClNO2S/c1-2-11-6(10)3-5-4-12-7(8)9-5/h4H,2-3H2,1H3. The lowest BCUT2D eigenvalue weighted by molar-refractivity contribution is -0.142. The molecule has 0 N–H and O–H groups in total. The minimum Gasteiger partial charge on any atom is -0.466 e. The van der Waals surface area contributed by atoms with Gasteiger partial charge in [-0.05, 0) is 6.92 Å². The molecule has 0 amide bonds. The number of hydrogen-bond donors (Lipinski definition) is 0. The van der Waals surface area contributed by atoms with Gasteiger partial charge in [0.15, 0.2) is 4.47 Å². The van der Waals surface area contributed by atoms with Gasteiger partial charge in [-0.3, -0.25) is 4.79 Å². The van der Waals surface area contributed by atoms with E-state index in [-0.39, 0.29) is 12.4 Å². The highest BCUT2D eigenvalue weighted by atomic mass is 35.5. The molecule has 0 saturated heterocycles. The Bertz CT molecular complexity index is 274. The van der Waals surface area contributed by atoms with Gasteiger partial charge in [-0.25, -0.2) is 4.98 Å². The maximum atomic E-state index is 10.9. The molecule has 3 nitrogen and oxygen atoms in total. The number of rotatable bonds is 3. The number of ether oxygens (including phenoxy) is 1. The van der Waals surface area contributed by atoms with Gasteiger partial charge in [0.05, 0.1) is 18.7 Å². The highest BCUT2D eigenvalue weighted by molar-refractivity contribution is 7.13. The maximum Gasteiger partial charge on any atom is 0.311 e. The second-order valence-corrected chi connectivity index (χ2v) is 3.51. The molecule has 0 aliphatic rings. The van der Waals surface area contributed by atoms with E-state index < -0.39 is 0 Å². The van der Waals surface area contributed by atoms with E-state index in [2.05, 4.69) is 4.98 Å². The van der Waals surface area contributed by atoms with Crippen LogP contribution in [0.15, 0.2) is 5.38 Å². The first-order chi connectivity index (χ1) is 5.72. The Labute approximate surface area is 79.3 Å². The van der Waals surface area contributed by atoms with Crippen LogP contribution in [0.1, 0.15) is 12.6 Å². The summed E-state index contributed by atoms with van der Waals surface area (Å²) in [7, 11) is 0. The quantitative estimate of drug-likeness (QED) is 0.708. The van der Waals surface area contributed by atoms with Crippen LogP contribution in [-0.4, -0.2) is 17.6 Å². The molecule has 5 heteroatoms. The number of carbonyl (C=O) groups is 1. The molecule has 0 unspecified atom stereocenters. The predicted molar refractivity (Wildman–Crippen MR) is 47.5 cm³/mol. The third kappa shape index (κ3) is 2.79. The van der Waals surface area contributed by atoms with Gasteiger partial charge in [0.1, 0.15) is 0 Å². The molecule has 0 saturated carbocycles. The van der Waals surface area contributed by atoms with Crippen molar-refractivity contribution in [2.24, 2.45) is 0 Å². The number of esters is 1. The smallest absolute Gasteiger partial charge is 0.311 e. The van der Waals surface area contributed by atoms with Crippen molar-refractivity contribution >= 4 is 28.9 Å². The first-order valence-electron chi connectivity index (χ1n) is 3.48. The number of aromatic nitrogens is 1. The predicted octanol–water partition coefficient (Wildman–Crippen LogP) is 1.90. The van der Waals surface area contributed by atoms with Gasteiger partial charge >= 0.3 is 5.97 Å². The number of nitrogens with zero attached hydrogens (tertiary/aromatic N) is 1. The van der Waals surface area contributed by atoms with Crippen LogP contribution in [-0.2, 0) is 16.0 Å². The van der Waals surface area contributed by atoms with E-state index in [4.69, 9.17) is 16.3 Å². The first-order valence-corrected chi connectivity index (χ1v) is 4.73. The van der Waals surface area contributed by atoms with Crippen molar-refractivity contribution in [3.8, 4) is 0 Å². The average Bonchev–Trinajstić information content (AvgIpc) is 2.36. The molecule has 66 valence electrons. The zero-order chi connectivity index (χ0) is 8.97. The zero-order valence-corrected chi connectivity index (χ0v) is 8.11. The van der Waals surface area contributed by atoms with Crippen LogP contribution in [0.4, 0.5) is 0 Å². The Hall–Kier alpha value is -0.610. The Morgan fingerprint density at radius 1 is 1.83 bits per heavy atom. The largest absolute Gasteiger partial charge is 0.466 e. The van der Waals surface area contributed by atoms with Crippen molar-refractivity contribution in [2.45, 2.75) is 13.3 Å². The van der Waals surface area contributed by atoms with Gasteiger partial charge in [-0.1, -0.05) is 11.6 Å². The fourth-order valence-corrected chi connectivity index (χ4v) is 1.50. The van der Waals surface area contributed by atoms with Crippen molar-refractivity contribution < 1.29 is 9.53 Å². The normalized spacial score (nSPS) is 9.83. The van der Waals surface area contributed by atoms with Crippen LogP contribution in [0.5, 0.6) is 0 Å². The lowest BCUT2D eigenvalue weighted by Gasteiger charge is -1.97. The summed E-state index contributed by atoms with van der Waals surface area (Å²) >= 11 is 6.89. The summed E-state index contributed by atoms with van der Waals surface area (Å²) in [5.74, 6) is -0.264. The Morgan fingerprint density at radius 3 is 3.08 bits per heavy atom. The van der Waals surface area contributed by atoms with Crippen LogP contribution in [0.3, 0.4) is 0 Å². The summed E-state index contributed by atoms with van der Waals surface area (Å²) in [5.41, 5.74) is 0.670. The lowest BCUT2D eigenvalue weighted by Crippen LogP contribution is -2.07. The highest BCUT2D eigenvalue weighted by Crippen LogP contribution is 2.15. The minimum atomic E-state index is -0.264. The third-order valence-corrected chi connectivity index (χ3v) is 2.18. The highest BCUT2D eigenvalue weighted by Gasteiger charge is 2.06. The molecule has 1 aromatic heterocycles. The molecular weight excluding hydrogens is 198 g/mol. The summed E-state index contributed by atoms with van der Waals surface area (Å²) in [5, 5.41) is 1.75. The third-order valence-electron chi connectivity index (χ3n) is 1.15. The van der Waals surface area contributed by atoms with E-state index in [1.165, 1.54) is 11.3 Å². The number of carbonyl (C=O) groups excluding carboxylic acids is 1. The summed E-state index contributed by atoms with van der Waals surface area (Å²) in [6.07, 6.45) is 0.205. The zero-order valence-electron chi connectivity index (χ0n) is 6.54. The van der Waals surface area contributed by atoms with Gasteiger partial charge in [0, 0.05) is 5.38 Å². The van der Waals surface area contributed by atoms with Crippen LogP contribution < -0.4 is 0 Å². The second kappa shape index (κ2) is 4.42. The molecule has 1 aromatic rings. The van der Waals surface area contributed by atoms with E-state index in [0.717, 1.165) is 0 Å². The monoisotopic (exact) mass is 205 g/mol. The first kappa shape index (κ1) is 9.48. The summed E-state index contributed by atoms with van der Waals surface area (Å²) in [4.78, 5) is 14.8. The van der Waals surface area contributed by atoms with Crippen LogP contribution >= 0.6 is 22.9 Å². The molecule has 12 heavy (non-hydrogen) atoms. The fraction of sp³-hybridized carbons (Fsp3) is 0.429. The van der Waals surface area contributed by atoms with Gasteiger partial charge in [0.2, 0.25) is 0 Å². The van der Waals surface area contributed by atoms with E-state index in [9.17, 15) is 4.79 Å². The van der Waals surface area contributed by atoms with Crippen molar-refractivity contribution in [1.82, 2.24) is 4.98 Å². The molecule has 1 rings (SSSR count). The molecule has 0 aromatic carbocycles. The van der Waals surface area contributed by atoms with Crippen LogP contribution in [0.25, 0.3) is 0 Å². The molecule has 1 heterocycles. The average molecular weight is 206 g/mol. The molecule has 0 atom stereocenters. The molecule has 0 bridgehead atoms. The van der Waals surface area contributed by atoms with Gasteiger partial charge < -0.3 is 4.74 Å². The second-order valence-electron chi connectivity index (χ2n) is 2.07. The number of hydrogen-bond acceptors (Lipinski definition) is 4. The number of halogens is 1. The van der Waals surface area contributed by atoms with E-state index >= 15 is 0 Å². The lowest BCUT2D eigenvalue weighted by atomic mass is 10.3. The van der Waals surface area contributed by atoms with Crippen LogP contribution in [0.2, 0.25) is 4.47 Å². The van der Waals surface area contributed by atoms with Gasteiger partial charge in [0.25, 0.3) is 0 Å². The van der Waals surface area contributed by atoms with E-state index in [0.29, 0.717) is 16.8 Å². The Balaban J connectivity index is 2.46. The Morgan fingerprint density at radius 2 is 2.58 bits per heavy atom. The van der Waals surface area contributed by atoms with Crippen molar-refractivity contribution in [2.75, 3.05) is 6.61 Å². The van der Waals surface area contributed by atoms with Crippen molar-refractivity contribution in [3.63, 3.8) is 0 Å². The molecule has 0 fully saturated rings. The van der Waals surface area contributed by atoms with Crippen molar-refractivity contribution in [3.05, 3.63) is 15.5 Å². The topological polar surface area (TPSA) is 39.2 Å². The SMILES string of the molecule is CCOC(=O)Cc1csc(Cl)n1. The molecule has 0 aliphatic heterocycles. The molecule has 0 radical (unpaired) electrons. The summed E-state index contributed by atoms with van der Waals surface area (Å²) in [6, 6.07) is 0. The minimum absolute atomic E-state index is 0.205.